The minimum atomic E-state index is -3.19. The van der Waals surface area contributed by atoms with E-state index in [4.69, 9.17) is 10.3 Å². The summed E-state index contributed by atoms with van der Waals surface area (Å²) in [7, 11) is -3.19. The molecule has 0 saturated heterocycles. The van der Waals surface area contributed by atoms with Gasteiger partial charge in [0.2, 0.25) is 5.88 Å². The Morgan fingerprint density at radius 3 is 2.82 bits per heavy atom. The second-order valence-electron chi connectivity index (χ2n) is 3.68. The van der Waals surface area contributed by atoms with Crippen LogP contribution in [-0.2, 0) is 15.6 Å². The highest BCUT2D eigenvalue weighted by atomic mass is 32.2. The van der Waals surface area contributed by atoms with E-state index in [9.17, 15) is 8.42 Å². The highest BCUT2D eigenvalue weighted by molar-refractivity contribution is 7.89. The topological polar surface area (TPSA) is 99.1 Å². The molecule has 0 saturated carbocycles. The van der Waals surface area contributed by atoms with Crippen LogP contribution in [0.2, 0.25) is 0 Å². The Kier molecular flexibility index (Phi) is 2.84. The van der Waals surface area contributed by atoms with E-state index in [0.29, 0.717) is 16.8 Å². The summed E-state index contributed by atoms with van der Waals surface area (Å²) in [4.78, 5) is 3.94. The Bertz CT molecular complexity index is 620. The molecule has 0 aliphatic rings. The SMILES string of the molecule is CS(=O)(=O)Cc1noc(N)c1-c1cccnc1. The fourth-order valence-electron chi connectivity index (χ4n) is 1.50. The number of aromatic nitrogens is 2. The summed E-state index contributed by atoms with van der Waals surface area (Å²) < 4.78 is 27.3. The van der Waals surface area contributed by atoms with Crippen molar-refractivity contribution in [3.05, 3.63) is 30.2 Å². The van der Waals surface area contributed by atoms with Gasteiger partial charge in [0.05, 0.1) is 11.3 Å². The normalized spacial score (nSPS) is 11.6. The quantitative estimate of drug-likeness (QED) is 0.871. The van der Waals surface area contributed by atoms with Crippen LogP contribution in [0.4, 0.5) is 5.88 Å². The molecule has 0 aliphatic carbocycles. The maximum Gasteiger partial charge on any atom is 0.230 e. The van der Waals surface area contributed by atoms with Crippen molar-refractivity contribution < 1.29 is 12.9 Å². The smallest absolute Gasteiger partial charge is 0.230 e. The molecular weight excluding hydrogens is 242 g/mol. The van der Waals surface area contributed by atoms with Crippen molar-refractivity contribution >= 4 is 15.7 Å². The Hall–Kier alpha value is -1.89. The Morgan fingerprint density at radius 1 is 1.47 bits per heavy atom. The molecule has 17 heavy (non-hydrogen) atoms. The summed E-state index contributed by atoms with van der Waals surface area (Å²) in [5.41, 5.74) is 7.12. The van der Waals surface area contributed by atoms with Gasteiger partial charge in [-0.3, -0.25) is 4.98 Å². The molecule has 0 aromatic carbocycles. The van der Waals surface area contributed by atoms with Crippen LogP contribution in [0.25, 0.3) is 11.1 Å². The van der Waals surface area contributed by atoms with E-state index in [1.165, 1.54) is 0 Å². The molecule has 2 heterocycles. The molecule has 0 bridgehead atoms. The zero-order chi connectivity index (χ0) is 12.5. The molecule has 2 aromatic rings. The number of anilines is 1. The van der Waals surface area contributed by atoms with Crippen LogP contribution in [-0.4, -0.2) is 24.8 Å². The number of nitrogens with two attached hydrogens (primary N) is 1. The van der Waals surface area contributed by atoms with Gasteiger partial charge < -0.3 is 10.3 Å². The first-order valence-electron chi connectivity index (χ1n) is 4.79. The van der Waals surface area contributed by atoms with Crippen LogP contribution in [0.1, 0.15) is 5.69 Å². The molecule has 0 aliphatic heterocycles. The molecule has 0 radical (unpaired) electrons. The van der Waals surface area contributed by atoms with Crippen LogP contribution in [0.3, 0.4) is 0 Å². The minimum Gasteiger partial charge on any atom is -0.367 e. The molecule has 7 heteroatoms. The number of sulfone groups is 1. The summed E-state index contributed by atoms with van der Waals surface area (Å²) in [5, 5.41) is 3.67. The lowest BCUT2D eigenvalue weighted by atomic mass is 10.1. The Morgan fingerprint density at radius 2 is 2.24 bits per heavy atom. The van der Waals surface area contributed by atoms with Gasteiger partial charge >= 0.3 is 0 Å². The fraction of sp³-hybridized carbons (Fsp3) is 0.200. The molecule has 0 unspecified atom stereocenters. The summed E-state index contributed by atoms with van der Waals surface area (Å²) in [6.07, 6.45) is 4.32. The van der Waals surface area contributed by atoms with Crippen molar-refractivity contribution in [3.63, 3.8) is 0 Å². The lowest BCUT2D eigenvalue weighted by molar-refractivity contribution is 0.430. The Labute approximate surface area is 98.4 Å². The van der Waals surface area contributed by atoms with Crippen LogP contribution >= 0.6 is 0 Å². The fourth-order valence-corrected chi connectivity index (χ4v) is 2.20. The molecule has 2 aromatic heterocycles. The number of nitrogen functional groups attached to an aromatic ring is 1. The average molecular weight is 253 g/mol. The predicted molar refractivity (Wildman–Crippen MR) is 62.7 cm³/mol. The van der Waals surface area contributed by atoms with E-state index in [1.54, 1.807) is 24.5 Å². The maximum atomic E-state index is 11.3. The molecule has 2 N–H and O–H groups in total. The van der Waals surface area contributed by atoms with E-state index < -0.39 is 9.84 Å². The van der Waals surface area contributed by atoms with Crippen molar-refractivity contribution in [1.82, 2.24) is 10.1 Å². The van der Waals surface area contributed by atoms with Gasteiger partial charge in [-0.25, -0.2) is 8.42 Å². The first kappa shape index (κ1) is 11.6. The lowest BCUT2D eigenvalue weighted by Crippen LogP contribution is -2.02. The standard InChI is InChI=1S/C10H11N3O3S/c1-17(14,15)6-8-9(10(11)16-13-8)7-3-2-4-12-5-7/h2-5H,6,11H2,1H3. The van der Waals surface area contributed by atoms with Crippen LogP contribution in [0.15, 0.2) is 29.0 Å². The highest BCUT2D eigenvalue weighted by Crippen LogP contribution is 2.29. The van der Waals surface area contributed by atoms with Crippen molar-refractivity contribution in [2.24, 2.45) is 0 Å². The van der Waals surface area contributed by atoms with Crippen LogP contribution in [0, 0.1) is 0 Å². The van der Waals surface area contributed by atoms with E-state index in [1.807, 2.05) is 0 Å². The first-order chi connectivity index (χ1) is 7.97. The zero-order valence-electron chi connectivity index (χ0n) is 9.12. The molecule has 90 valence electrons. The molecule has 0 fully saturated rings. The van der Waals surface area contributed by atoms with Gasteiger partial charge in [0.25, 0.3) is 0 Å². The van der Waals surface area contributed by atoms with Gasteiger partial charge in [-0.1, -0.05) is 11.2 Å². The van der Waals surface area contributed by atoms with Gasteiger partial charge in [0, 0.05) is 24.2 Å². The average Bonchev–Trinajstić information content (AvgIpc) is 2.58. The molecular formula is C10H11N3O3S. The van der Waals surface area contributed by atoms with E-state index >= 15 is 0 Å². The summed E-state index contributed by atoms with van der Waals surface area (Å²) >= 11 is 0. The van der Waals surface area contributed by atoms with Crippen molar-refractivity contribution in [2.45, 2.75) is 5.75 Å². The largest absolute Gasteiger partial charge is 0.367 e. The van der Waals surface area contributed by atoms with Gasteiger partial charge in [-0.05, 0) is 6.07 Å². The van der Waals surface area contributed by atoms with Gasteiger partial charge in [-0.2, -0.15) is 0 Å². The molecule has 0 amide bonds. The summed E-state index contributed by atoms with van der Waals surface area (Å²) in [6, 6.07) is 3.49. The zero-order valence-corrected chi connectivity index (χ0v) is 9.94. The van der Waals surface area contributed by atoms with Crippen LogP contribution < -0.4 is 5.73 Å². The molecule has 6 nitrogen and oxygen atoms in total. The van der Waals surface area contributed by atoms with E-state index in [2.05, 4.69) is 10.1 Å². The monoisotopic (exact) mass is 253 g/mol. The lowest BCUT2D eigenvalue weighted by Gasteiger charge is -2.00. The molecule has 0 atom stereocenters. The van der Waals surface area contributed by atoms with Gasteiger partial charge in [-0.15, -0.1) is 0 Å². The Balaban J connectivity index is 2.51. The predicted octanol–water partition coefficient (Wildman–Crippen LogP) is 0.863. The van der Waals surface area contributed by atoms with Crippen molar-refractivity contribution in [1.29, 1.82) is 0 Å². The van der Waals surface area contributed by atoms with Crippen LogP contribution in [0.5, 0.6) is 0 Å². The number of pyridine rings is 1. The van der Waals surface area contributed by atoms with Crippen molar-refractivity contribution in [2.75, 3.05) is 12.0 Å². The highest BCUT2D eigenvalue weighted by Gasteiger charge is 2.19. The third-order valence-corrected chi connectivity index (χ3v) is 2.94. The second-order valence-corrected chi connectivity index (χ2v) is 5.82. The van der Waals surface area contributed by atoms with Gasteiger partial charge in [0.15, 0.2) is 9.84 Å². The number of nitrogens with zero attached hydrogens (tertiary/aromatic N) is 2. The summed E-state index contributed by atoms with van der Waals surface area (Å²) in [6.45, 7) is 0. The number of hydrogen-bond acceptors (Lipinski definition) is 6. The first-order valence-corrected chi connectivity index (χ1v) is 6.85. The van der Waals surface area contributed by atoms with E-state index in [0.717, 1.165) is 6.26 Å². The third kappa shape index (κ3) is 2.62. The van der Waals surface area contributed by atoms with Crippen molar-refractivity contribution in [3.8, 4) is 11.1 Å². The second kappa shape index (κ2) is 4.17. The minimum absolute atomic E-state index is 0.0941. The van der Waals surface area contributed by atoms with Gasteiger partial charge in [0.1, 0.15) is 5.69 Å². The molecule has 2 rings (SSSR count). The maximum absolute atomic E-state index is 11.3. The number of hydrogen-bond donors (Lipinski definition) is 1. The molecule has 0 spiro atoms. The third-order valence-electron chi connectivity index (χ3n) is 2.14. The summed E-state index contributed by atoms with van der Waals surface area (Å²) in [5.74, 6) is -0.116. The van der Waals surface area contributed by atoms with E-state index in [-0.39, 0.29) is 11.6 Å². The number of rotatable bonds is 3.